The molecule has 0 bridgehead atoms. The maximum atomic E-state index is 13.8. The van der Waals surface area contributed by atoms with Crippen molar-refractivity contribution in [1.82, 2.24) is 5.32 Å². The van der Waals surface area contributed by atoms with E-state index < -0.39 is 22.3 Å². The molecule has 7 heteroatoms. The summed E-state index contributed by atoms with van der Waals surface area (Å²) < 4.78 is 14.8. The van der Waals surface area contributed by atoms with Gasteiger partial charge in [-0.05, 0) is 44.0 Å². The monoisotopic (exact) mass is 394 g/mol. The van der Waals surface area contributed by atoms with Crippen molar-refractivity contribution in [3.05, 3.63) is 73.5 Å². The second-order valence-electron chi connectivity index (χ2n) is 5.56. The largest absolute Gasteiger partial charge is 0.349 e. The van der Waals surface area contributed by atoms with Crippen LogP contribution in [0.5, 0.6) is 0 Å². The van der Waals surface area contributed by atoms with Crippen molar-refractivity contribution in [3.63, 3.8) is 0 Å². The first-order valence-electron chi connectivity index (χ1n) is 7.27. The minimum absolute atomic E-state index is 0.0625. The van der Waals surface area contributed by atoms with Gasteiger partial charge in [0.05, 0.1) is 10.5 Å². The summed E-state index contributed by atoms with van der Waals surface area (Å²) in [4.78, 5) is 22.5. The number of rotatable bonds is 5. The van der Waals surface area contributed by atoms with Gasteiger partial charge in [0.15, 0.2) is 0 Å². The third kappa shape index (κ3) is 4.38. The van der Waals surface area contributed by atoms with Crippen LogP contribution in [-0.2, 0) is 6.42 Å². The van der Waals surface area contributed by atoms with Crippen LogP contribution in [0, 0.1) is 22.9 Å². The van der Waals surface area contributed by atoms with Crippen molar-refractivity contribution in [2.24, 2.45) is 0 Å². The van der Waals surface area contributed by atoms with E-state index in [1.165, 1.54) is 6.92 Å². The Kier molecular flexibility index (Phi) is 5.66. The molecule has 2 rings (SSSR count). The first-order chi connectivity index (χ1) is 11.3. The summed E-state index contributed by atoms with van der Waals surface area (Å²) in [7, 11) is 0. The van der Waals surface area contributed by atoms with Gasteiger partial charge in [0, 0.05) is 22.1 Å². The van der Waals surface area contributed by atoms with Crippen molar-refractivity contribution in [1.29, 1.82) is 0 Å². The number of benzene rings is 2. The van der Waals surface area contributed by atoms with Gasteiger partial charge in [-0.15, -0.1) is 0 Å². The van der Waals surface area contributed by atoms with Gasteiger partial charge < -0.3 is 5.32 Å². The van der Waals surface area contributed by atoms with E-state index in [0.29, 0.717) is 6.42 Å². The Morgan fingerprint density at radius 1 is 1.33 bits per heavy atom. The number of hydrogen-bond acceptors (Lipinski definition) is 3. The number of nitro benzene ring substituents is 1. The highest BCUT2D eigenvalue weighted by molar-refractivity contribution is 9.10. The zero-order valence-corrected chi connectivity index (χ0v) is 14.8. The highest BCUT2D eigenvalue weighted by Gasteiger charge is 2.20. The van der Waals surface area contributed by atoms with Crippen molar-refractivity contribution in [2.45, 2.75) is 26.3 Å². The molecule has 0 saturated carbocycles. The molecule has 0 spiro atoms. The quantitative estimate of drug-likeness (QED) is 0.610. The van der Waals surface area contributed by atoms with Gasteiger partial charge in [-0.3, -0.25) is 14.9 Å². The van der Waals surface area contributed by atoms with Crippen LogP contribution in [0.15, 0.2) is 40.9 Å². The average Bonchev–Trinajstić information content (AvgIpc) is 2.51. The zero-order valence-electron chi connectivity index (χ0n) is 13.2. The highest BCUT2D eigenvalue weighted by atomic mass is 79.9. The minimum atomic E-state index is -0.769. The van der Waals surface area contributed by atoms with E-state index in [4.69, 9.17) is 0 Å². The van der Waals surface area contributed by atoms with Crippen LogP contribution in [0.25, 0.3) is 0 Å². The van der Waals surface area contributed by atoms with Crippen LogP contribution < -0.4 is 5.32 Å². The standard InChI is InChI=1S/C17H16BrFN2O3/c1-10(7-12-3-5-14(18)6-4-12)20-17(22)13-8-15(19)11(2)16(9-13)21(23)24/h3-6,8-10H,7H2,1-2H3,(H,20,22). The molecule has 2 aromatic rings. The van der Waals surface area contributed by atoms with Crippen molar-refractivity contribution in [2.75, 3.05) is 0 Å². The molecule has 1 atom stereocenters. The second-order valence-corrected chi connectivity index (χ2v) is 6.48. The molecule has 0 aliphatic heterocycles. The maximum Gasteiger partial charge on any atom is 0.276 e. The van der Waals surface area contributed by atoms with E-state index in [1.54, 1.807) is 0 Å². The molecule has 1 amide bonds. The van der Waals surface area contributed by atoms with Crippen LogP contribution in [-0.4, -0.2) is 16.9 Å². The lowest BCUT2D eigenvalue weighted by atomic mass is 10.1. The van der Waals surface area contributed by atoms with Gasteiger partial charge in [-0.1, -0.05) is 28.1 Å². The summed E-state index contributed by atoms with van der Waals surface area (Å²) in [6.45, 7) is 3.13. The van der Waals surface area contributed by atoms with Gasteiger partial charge in [0.1, 0.15) is 5.82 Å². The van der Waals surface area contributed by atoms with Gasteiger partial charge in [0.2, 0.25) is 0 Å². The predicted octanol–water partition coefficient (Wildman–Crippen LogP) is 4.17. The van der Waals surface area contributed by atoms with Crippen LogP contribution in [0.1, 0.15) is 28.4 Å². The van der Waals surface area contributed by atoms with Crippen LogP contribution in [0.4, 0.5) is 10.1 Å². The lowest BCUT2D eigenvalue weighted by molar-refractivity contribution is -0.385. The molecule has 0 saturated heterocycles. The molecule has 2 aromatic carbocycles. The fraction of sp³-hybridized carbons (Fsp3) is 0.235. The highest BCUT2D eigenvalue weighted by Crippen LogP contribution is 2.23. The van der Waals surface area contributed by atoms with Gasteiger partial charge in [-0.25, -0.2) is 4.39 Å². The normalized spacial score (nSPS) is 11.8. The van der Waals surface area contributed by atoms with Gasteiger partial charge in [0.25, 0.3) is 11.6 Å². The smallest absolute Gasteiger partial charge is 0.276 e. The van der Waals surface area contributed by atoms with E-state index in [2.05, 4.69) is 21.2 Å². The molecule has 0 heterocycles. The van der Waals surface area contributed by atoms with Crippen molar-refractivity contribution >= 4 is 27.5 Å². The molecule has 126 valence electrons. The summed E-state index contributed by atoms with van der Waals surface area (Å²) in [5.74, 6) is -1.31. The van der Waals surface area contributed by atoms with E-state index in [0.717, 1.165) is 22.2 Å². The van der Waals surface area contributed by atoms with Crippen molar-refractivity contribution in [3.8, 4) is 0 Å². The SMILES string of the molecule is Cc1c(F)cc(C(=O)NC(C)Cc2ccc(Br)cc2)cc1[N+](=O)[O-]. The van der Waals surface area contributed by atoms with E-state index in [-0.39, 0.29) is 17.2 Å². The number of hydrogen-bond donors (Lipinski definition) is 1. The number of nitrogens with one attached hydrogen (secondary N) is 1. The second kappa shape index (κ2) is 7.53. The number of nitro groups is 1. The molecule has 0 aliphatic carbocycles. The minimum Gasteiger partial charge on any atom is -0.349 e. The average molecular weight is 395 g/mol. The van der Waals surface area contributed by atoms with E-state index >= 15 is 0 Å². The number of amides is 1. The van der Waals surface area contributed by atoms with Crippen LogP contribution in [0.3, 0.4) is 0 Å². The van der Waals surface area contributed by atoms with E-state index in [9.17, 15) is 19.3 Å². The topological polar surface area (TPSA) is 72.2 Å². The lowest BCUT2D eigenvalue weighted by Crippen LogP contribution is -2.34. The van der Waals surface area contributed by atoms with Crippen molar-refractivity contribution < 1.29 is 14.1 Å². The molecule has 5 nitrogen and oxygen atoms in total. The molecule has 1 unspecified atom stereocenters. The van der Waals surface area contributed by atoms with Crippen LogP contribution in [0.2, 0.25) is 0 Å². The van der Waals surface area contributed by atoms with Gasteiger partial charge >= 0.3 is 0 Å². The molecule has 0 aromatic heterocycles. The Bertz CT molecular complexity index is 778. The number of carbonyl (C=O) groups is 1. The maximum absolute atomic E-state index is 13.8. The Morgan fingerprint density at radius 2 is 1.96 bits per heavy atom. The number of halogens is 2. The lowest BCUT2D eigenvalue weighted by Gasteiger charge is -2.14. The molecule has 0 radical (unpaired) electrons. The summed E-state index contributed by atoms with van der Waals surface area (Å²) in [5, 5.41) is 13.7. The van der Waals surface area contributed by atoms with Crippen LogP contribution >= 0.6 is 15.9 Å². The Morgan fingerprint density at radius 3 is 2.54 bits per heavy atom. The molecule has 24 heavy (non-hydrogen) atoms. The number of carbonyl (C=O) groups excluding carboxylic acids is 1. The fourth-order valence-corrected chi connectivity index (χ4v) is 2.58. The Hall–Kier alpha value is -2.28. The predicted molar refractivity (Wildman–Crippen MR) is 92.6 cm³/mol. The molecule has 0 aliphatic rings. The number of nitrogens with zero attached hydrogens (tertiary/aromatic N) is 1. The summed E-state index contributed by atoms with van der Waals surface area (Å²) >= 11 is 3.35. The first-order valence-corrected chi connectivity index (χ1v) is 8.07. The Labute approximate surface area is 147 Å². The summed E-state index contributed by atoms with van der Waals surface area (Å²) in [6, 6.07) is 9.59. The Balaban J connectivity index is 2.11. The first kappa shape index (κ1) is 18.1. The molecular formula is C17H16BrFN2O3. The molecular weight excluding hydrogens is 379 g/mol. The summed E-state index contributed by atoms with van der Waals surface area (Å²) in [5.41, 5.74) is 0.486. The zero-order chi connectivity index (χ0) is 17.9. The fourth-order valence-electron chi connectivity index (χ4n) is 2.32. The third-order valence-electron chi connectivity index (χ3n) is 3.61. The van der Waals surface area contributed by atoms with E-state index in [1.807, 2.05) is 31.2 Å². The molecule has 1 N–H and O–H groups in total. The molecule has 0 fully saturated rings. The third-order valence-corrected chi connectivity index (χ3v) is 4.14. The van der Waals surface area contributed by atoms with Gasteiger partial charge in [-0.2, -0.15) is 0 Å². The summed E-state index contributed by atoms with van der Waals surface area (Å²) in [6.07, 6.45) is 0.593.